The highest BCUT2D eigenvalue weighted by Gasteiger charge is 2.32. The van der Waals surface area contributed by atoms with E-state index in [4.69, 9.17) is 0 Å². The number of amides is 2. The second-order valence-corrected chi connectivity index (χ2v) is 5.51. The number of benzene rings is 1. The molecule has 0 unspecified atom stereocenters. The summed E-state index contributed by atoms with van der Waals surface area (Å²) in [5, 5.41) is 12.5. The van der Waals surface area contributed by atoms with Crippen LogP contribution in [0, 0.1) is 0 Å². The van der Waals surface area contributed by atoms with E-state index in [1.165, 1.54) is 4.90 Å². The van der Waals surface area contributed by atoms with Gasteiger partial charge in [0, 0.05) is 32.4 Å². The molecule has 0 bridgehead atoms. The van der Waals surface area contributed by atoms with Crippen molar-refractivity contribution in [1.82, 2.24) is 10.2 Å². The molecule has 6 heteroatoms. The van der Waals surface area contributed by atoms with E-state index in [1.807, 2.05) is 44.3 Å². The molecule has 6 nitrogen and oxygen atoms in total. The summed E-state index contributed by atoms with van der Waals surface area (Å²) in [6.07, 6.45) is 0.774. The predicted octanol–water partition coefficient (Wildman–Crippen LogP) is 1.30. The molecular weight excluding hydrogens is 294 g/mol. The number of hydrogen-bond acceptors (Lipinski definition) is 4. The van der Waals surface area contributed by atoms with Crippen molar-refractivity contribution in [2.24, 2.45) is 0 Å². The van der Waals surface area contributed by atoms with Gasteiger partial charge in [0.25, 0.3) is 11.8 Å². The van der Waals surface area contributed by atoms with Gasteiger partial charge in [-0.2, -0.15) is 0 Å². The van der Waals surface area contributed by atoms with Gasteiger partial charge in [0.05, 0.1) is 12.1 Å². The van der Waals surface area contributed by atoms with Crippen molar-refractivity contribution in [3.05, 3.63) is 41.7 Å². The van der Waals surface area contributed by atoms with E-state index in [2.05, 4.69) is 10.2 Å². The third-order valence-electron chi connectivity index (χ3n) is 3.93. The summed E-state index contributed by atoms with van der Waals surface area (Å²) in [4.78, 5) is 27.3. The average molecular weight is 317 g/mol. The van der Waals surface area contributed by atoms with Crippen molar-refractivity contribution in [3.63, 3.8) is 0 Å². The van der Waals surface area contributed by atoms with E-state index in [9.17, 15) is 14.7 Å². The molecule has 23 heavy (non-hydrogen) atoms. The number of likely N-dealkylation sites (N-methyl/N-ethyl adjacent to an activating group) is 1. The highest BCUT2D eigenvalue weighted by Crippen LogP contribution is 2.16. The van der Waals surface area contributed by atoms with Gasteiger partial charge in [0.1, 0.15) is 0 Å². The minimum Gasteiger partial charge on any atom is -0.503 e. The Bertz CT molecular complexity index is 598. The number of nitrogens with one attached hydrogen (secondary N) is 1. The van der Waals surface area contributed by atoms with Crippen LogP contribution < -0.4 is 10.2 Å². The molecule has 0 aliphatic carbocycles. The number of carbonyl (C=O) groups excluding carboxylic acids is 2. The average Bonchev–Trinajstić information content (AvgIpc) is 2.87. The SMILES string of the molecule is CCN1CC(C(=O)NCCCN(C)c2ccccc2)=C(O)C1=O. The predicted molar refractivity (Wildman–Crippen MR) is 89.2 cm³/mol. The van der Waals surface area contributed by atoms with E-state index < -0.39 is 11.7 Å². The maximum atomic E-state index is 12.1. The first kappa shape index (κ1) is 16.9. The van der Waals surface area contributed by atoms with Crippen LogP contribution in [-0.2, 0) is 9.59 Å². The molecule has 2 amide bonds. The van der Waals surface area contributed by atoms with Gasteiger partial charge in [-0.05, 0) is 25.5 Å². The van der Waals surface area contributed by atoms with Crippen molar-refractivity contribution < 1.29 is 14.7 Å². The molecular formula is C17H23N3O3. The van der Waals surface area contributed by atoms with E-state index in [-0.39, 0.29) is 18.0 Å². The molecule has 0 aromatic heterocycles. The maximum Gasteiger partial charge on any atom is 0.289 e. The summed E-state index contributed by atoms with van der Waals surface area (Å²) >= 11 is 0. The lowest BCUT2D eigenvalue weighted by Crippen LogP contribution is -2.31. The van der Waals surface area contributed by atoms with Gasteiger partial charge in [-0.25, -0.2) is 0 Å². The molecule has 2 N–H and O–H groups in total. The smallest absolute Gasteiger partial charge is 0.289 e. The summed E-state index contributed by atoms with van der Waals surface area (Å²) < 4.78 is 0. The summed E-state index contributed by atoms with van der Waals surface area (Å²) in [5.74, 6) is -1.26. The molecule has 1 aliphatic heterocycles. The van der Waals surface area contributed by atoms with Crippen molar-refractivity contribution in [3.8, 4) is 0 Å². The fraction of sp³-hybridized carbons (Fsp3) is 0.412. The minimum absolute atomic E-state index is 0.160. The standard InChI is InChI=1S/C17H23N3O3/c1-3-20-12-14(15(21)17(20)23)16(22)18-10-7-11-19(2)13-8-5-4-6-9-13/h4-6,8-9,21H,3,7,10-12H2,1-2H3,(H,18,22). The number of para-hydroxylation sites is 1. The van der Waals surface area contributed by atoms with Crippen LogP contribution in [0.15, 0.2) is 41.7 Å². The van der Waals surface area contributed by atoms with Gasteiger partial charge in [0.15, 0.2) is 5.76 Å². The molecule has 0 radical (unpaired) electrons. The van der Waals surface area contributed by atoms with E-state index >= 15 is 0 Å². The Hall–Kier alpha value is -2.50. The zero-order chi connectivity index (χ0) is 16.8. The summed E-state index contributed by atoms with van der Waals surface area (Å²) in [6, 6.07) is 10.0. The third kappa shape index (κ3) is 4.03. The monoisotopic (exact) mass is 317 g/mol. The van der Waals surface area contributed by atoms with Gasteiger partial charge in [-0.1, -0.05) is 18.2 Å². The number of rotatable bonds is 7. The van der Waals surface area contributed by atoms with Gasteiger partial charge in [0.2, 0.25) is 0 Å². The Kier molecular flexibility index (Phi) is 5.62. The highest BCUT2D eigenvalue weighted by atomic mass is 16.3. The van der Waals surface area contributed by atoms with Crippen molar-refractivity contribution in [2.45, 2.75) is 13.3 Å². The summed E-state index contributed by atoms with van der Waals surface area (Å²) in [6.45, 7) is 3.76. The summed E-state index contributed by atoms with van der Waals surface area (Å²) in [5.41, 5.74) is 1.28. The molecule has 1 heterocycles. The molecule has 0 atom stereocenters. The Morgan fingerprint density at radius 2 is 2.04 bits per heavy atom. The topological polar surface area (TPSA) is 72.9 Å². The fourth-order valence-electron chi connectivity index (χ4n) is 2.49. The lowest BCUT2D eigenvalue weighted by molar-refractivity contribution is -0.127. The Balaban J connectivity index is 1.76. The first-order chi connectivity index (χ1) is 11.0. The molecule has 1 aliphatic rings. The second-order valence-electron chi connectivity index (χ2n) is 5.51. The van der Waals surface area contributed by atoms with Gasteiger partial charge < -0.3 is 20.2 Å². The first-order valence-corrected chi connectivity index (χ1v) is 7.80. The quantitative estimate of drug-likeness (QED) is 0.744. The molecule has 1 aromatic carbocycles. The van der Waals surface area contributed by atoms with Crippen LogP contribution in [-0.4, -0.2) is 55.0 Å². The zero-order valence-electron chi connectivity index (χ0n) is 13.6. The number of aliphatic hydroxyl groups excluding tert-OH is 1. The molecule has 124 valence electrons. The van der Waals surface area contributed by atoms with Crippen molar-refractivity contribution in [1.29, 1.82) is 0 Å². The Labute approximate surface area is 136 Å². The highest BCUT2D eigenvalue weighted by molar-refractivity contribution is 6.06. The minimum atomic E-state index is -0.471. The van der Waals surface area contributed by atoms with Gasteiger partial charge in [-0.3, -0.25) is 9.59 Å². The number of nitrogens with zero attached hydrogens (tertiary/aromatic N) is 2. The van der Waals surface area contributed by atoms with Crippen LogP contribution in [0.5, 0.6) is 0 Å². The molecule has 0 fully saturated rings. The molecule has 1 aromatic rings. The van der Waals surface area contributed by atoms with E-state index in [1.54, 1.807) is 0 Å². The van der Waals surface area contributed by atoms with Crippen LogP contribution in [0.1, 0.15) is 13.3 Å². The molecule has 0 saturated carbocycles. The number of hydrogen-bond donors (Lipinski definition) is 2. The van der Waals surface area contributed by atoms with E-state index in [0.29, 0.717) is 13.1 Å². The van der Waals surface area contributed by atoms with Gasteiger partial charge in [-0.15, -0.1) is 0 Å². The number of anilines is 1. The normalized spacial score (nSPS) is 14.3. The molecule has 2 rings (SSSR count). The second kappa shape index (κ2) is 7.67. The largest absolute Gasteiger partial charge is 0.503 e. The lowest BCUT2D eigenvalue weighted by atomic mass is 10.2. The van der Waals surface area contributed by atoms with Crippen LogP contribution in [0.3, 0.4) is 0 Å². The summed E-state index contributed by atoms with van der Waals surface area (Å²) in [7, 11) is 2.00. The van der Waals surface area contributed by atoms with Crippen molar-refractivity contribution in [2.75, 3.05) is 38.1 Å². The van der Waals surface area contributed by atoms with Crippen LogP contribution in [0.4, 0.5) is 5.69 Å². The lowest BCUT2D eigenvalue weighted by Gasteiger charge is -2.19. The number of carbonyl (C=O) groups is 2. The van der Waals surface area contributed by atoms with Crippen LogP contribution >= 0.6 is 0 Å². The van der Waals surface area contributed by atoms with E-state index in [0.717, 1.165) is 18.7 Å². The maximum absolute atomic E-state index is 12.1. The van der Waals surface area contributed by atoms with Crippen LogP contribution in [0.2, 0.25) is 0 Å². The van der Waals surface area contributed by atoms with Gasteiger partial charge >= 0.3 is 0 Å². The van der Waals surface area contributed by atoms with Crippen LogP contribution in [0.25, 0.3) is 0 Å². The fourth-order valence-corrected chi connectivity index (χ4v) is 2.49. The third-order valence-corrected chi connectivity index (χ3v) is 3.93. The zero-order valence-corrected chi connectivity index (χ0v) is 13.6. The Morgan fingerprint density at radius 3 is 2.65 bits per heavy atom. The Morgan fingerprint density at radius 1 is 1.35 bits per heavy atom. The van der Waals surface area contributed by atoms with Crippen molar-refractivity contribution >= 4 is 17.5 Å². The molecule has 0 spiro atoms. The molecule has 0 saturated heterocycles. The number of aliphatic hydroxyl groups is 1. The first-order valence-electron chi connectivity index (χ1n) is 7.80.